The predicted molar refractivity (Wildman–Crippen MR) is 111 cm³/mol. The number of carboxylic acid groups (broad SMARTS) is 1. The van der Waals surface area contributed by atoms with Gasteiger partial charge in [0.1, 0.15) is 5.75 Å². The van der Waals surface area contributed by atoms with Gasteiger partial charge in [0.05, 0.1) is 32.8 Å². The maximum absolute atomic E-state index is 11.4. The van der Waals surface area contributed by atoms with Gasteiger partial charge in [0, 0.05) is 5.41 Å². The van der Waals surface area contributed by atoms with Crippen LogP contribution in [0.3, 0.4) is 0 Å². The second kappa shape index (κ2) is 9.21. The van der Waals surface area contributed by atoms with Crippen LogP contribution >= 0.6 is 0 Å². The number of rotatable bonds is 10. The first-order valence-electron chi connectivity index (χ1n) is 9.39. The lowest BCUT2D eigenvalue weighted by Gasteiger charge is -2.43. The van der Waals surface area contributed by atoms with Gasteiger partial charge in [-0.05, 0) is 35.8 Å². The molecule has 1 atom stereocenters. The largest absolute Gasteiger partial charge is 0.497 e. The number of aliphatic carboxylic acids is 1. The fourth-order valence-electron chi connectivity index (χ4n) is 2.42. The summed E-state index contributed by atoms with van der Waals surface area (Å²) >= 11 is 0. The van der Waals surface area contributed by atoms with E-state index in [1.165, 1.54) is 0 Å². The van der Waals surface area contributed by atoms with Crippen molar-refractivity contribution in [1.29, 1.82) is 0 Å². The second-order valence-electron chi connectivity index (χ2n) is 9.29. The van der Waals surface area contributed by atoms with Crippen molar-refractivity contribution in [3.8, 4) is 5.75 Å². The lowest BCUT2D eigenvalue weighted by Crippen LogP contribution is -2.49. The minimum absolute atomic E-state index is 0.0176. The Morgan fingerprint density at radius 2 is 1.67 bits per heavy atom. The number of methoxy groups -OCH3 is 1. The molecule has 0 unspecified atom stereocenters. The number of hydrogen-bond donors (Lipinski definition) is 1. The van der Waals surface area contributed by atoms with E-state index in [9.17, 15) is 9.90 Å². The Bertz CT molecular complexity index is 602. The SMILES string of the molecule is COc1ccc(COCC(C)(C)[C@H](CC(=O)O)O[Si](C)(C)C(C)(C)C)cc1. The molecule has 0 aliphatic carbocycles. The Morgan fingerprint density at radius 1 is 1.11 bits per heavy atom. The van der Waals surface area contributed by atoms with E-state index < -0.39 is 25.8 Å². The highest BCUT2D eigenvalue weighted by Crippen LogP contribution is 2.40. The molecule has 0 aliphatic rings. The van der Waals surface area contributed by atoms with E-state index in [0.717, 1.165) is 11.3 Å². The Balaban J connectivity index is 2.78. The zero-order valence-electron chi connectivity index (χ0n) is 18.1. The molecule has 0 aromatic heterocycles. The van der Waals surface area contributed by atoms with Crippen molar-refractivity contribution in [2.45, 2.75) is 71.9 Å². The summed E-state index contributed by atoms with van der Waals surface area (Å²) in [6, 6.07) is 7.73. The zero-order valence-corrected chi connectivity index (χ0v) is 19.1. The van der Waals surface area contributed by atoms with E-state index in [0.29, 0.717) is 13.2 Å². The Hall–Kier alpha value is -1.37. The highest BCUT2D eigenvalue weighted by Gasteiger charge is 2.43. The third-order valence-electron chi connectivity index (χ3n) is 5.38. The molecule has 0 heterocycles. The summed E-state index contributed by atoms with van der Waals surface area (Å²) in [5, 5.41) is 9.40. The monoisotopic (exact) mass is 396 g/mol. The van der Waals surface area contributed by atoms with E-state index in [1.54, 1.807) is 7.11 Å². The summed E-state index contributed by atoms with van der Waals surface area (Å²) in [7, 11) is -0.453. The molecular formula is C21H36O5Si. The maximum Gasteiger partial charge on any atom is 0.305 e. The van der Waals surface area contributed by atoms with Crippen molar-refractivity contribution in [2.75, 3.05) is 13.7 Å². The van der Waals surface area contributed by atoms with Gasteiger partial charge in [0.2, 0.25) is 0 Å². The number of carbonyl (C=O) groups is 1. The van der Waals surface area contributed by atoms with Crippen molar-refractivity contribution >= 4 is 14.3 Å². The molecule has 0 fully saturated rings. The van der Waals surface area contributed by atoms with Crippen LogP contribution in [-0.2, 0) is 20.6 Å². The number of ether oxygens (including phenoxy) is 2. The highest BCUT2D eigenvalue weighted by atomic mass is 28.4. The lowest BCUT2D eigenvalue weighted by atomic mass is 9.85. The van der Waals surface area contributed by atoms with Crippen LogP contribution in [0.5, 0.6) is 5.75 Å². The number of benzene rings is 1. The summed E-state index contributed by atoms with van der Waals surface area (Å²) in [4.78, 5) is 11.4. The van der Waals surface area contributed by atoms with Crippen LogP contribution in [0.25, 0.3) is 0 Å². The Labute approximate surface area is 165 Å². The third-order valence-corrected chi connectivity index (χ3v) is 9.86. The first kappa shape index (κ1) is 23.7. The van der Waals surface area contributed by atoms with Crippen LogP contribution in [-0.4, -0.2) is 39.2 Å². The van der Waals surface area contributed by atoms with E-state index >= 15 is 0 Å². The van der Waals surface area contributed by atoms with Crippen LogP contribution in [0.4, 0.5) is 0 Å². The summed E-state index contributed by atoms with van der Waals surface area (Å²) in [6.07, 6.45) is -0.419. The third kappa shape index (κ3) is 7.28. The minimum atomic E-state index is -2.09. The minimum Gasteiger partial charge on any atom is -0.497 e. The van der Waals surface area contributed by atoms with Gasteiger partial charge in [-0.2, -0.15) is 0 Å². The van der Waals surface area contributed by atoms with Crippen LogP contribution in [0.1, 0.15) is 46.6 Å². The molecule has 0 spiro atoms. The molecule has 0 saturated carbocycles. The van der Waals surface area contributed by atoms with Crippen LogP contribution < -0.4 is 4.74 Å². The summed E-state index contributed by atoms with van der Waals surface area (Å²) < 4.78 is 17.6. The molecule has 154 valence electrons. The fraction of sp³-hybridized carbons (Fsp3) is 0.667. The molecule has 0 amide bonds. The molecular weight excluding hydrogens is 360 g/mol. The molecule has 0 radical (unpaired) electrons. The molecule has 1 aromatic rings. The quantitative estimate of drug-likeness (QED) is 0.557. The molecule has 0 bridgehead atoms. The molecule has 1 aromatic carbocycles. The van der Waals surface area contributed by atoms with Crippen molar-refractivity contribution in [1.82, 2.24) is 0 Å². The lowest BCUT2D eigenvalue weighted by molar-refractivity contribution is -0.141. The maximum atomic E-state index is 11.4. The van der Waals surface area contributed by atoms with Gasteiger partial charge in [-0.25, -0.2) is 0 Å². The van der Waals surface area contributed by atoms with Gasteiger partial charge in [-0.1, -0.05) is 46.8 Å². The molecule has 0 aliphatic heterocycles. The van der Waals surface area contributed by atoms with Gasteiger partial charge in [-0.3, -0.25) is 4.79 Å². The number of carboxylic acids is 1. The summed E-state index contributed by atoms with van der Waals surface area (Å²) in [6.45, 7) is 15.7. The Kier molecular flexibility index (Phi) is 8.08. The zero-order chi connectivity index (χ0) is 20.9. The first-order valence-corrected chi connectivity index (χ1v) is 12.3. The van der Waals surface area contributed by atoms with Gasteiger partial charge < -0.3 is 19.0 Å². The van der Waals surface area contributed by atoms with Crippen molar-refractivity contribution in [3.63, 3.8) is 0 Å². The molecule has 6 heteroatoms. The van der Waals surface area contributed by atoms with E-state index in [4.69, 9.17) is 13.9 Å². The molecule has 1 N–H and O–H groups in total. The summed E-state index contributed by atoms with van der Waals surface area (Å²) in [5.74, 6) is -0.0367. The summed E-state index contributed by atoms with van der Waals surface area (Å²) in [5.41, 5.74) is 0.632. The predicted octanol–water partition coefficient (Wildman–Crippen LogP) is 5.10. The van der Waals surface area contributed by atoms with Crippen LogP contribution in [0.2, 0.25) is 18.1 Å². The molecule has 0 saturated heterocycles. The smallest absolute Gasteiger partial charge is 0.305 e. The van der Waals surface area contributed by atoms with E-state index in [1.807, 2.05) is 38.1 Å². The van der Waals surface area contributed by atoms with Crippen molar-refractivity contribution < 1.29 is 23.8 Å². The average molecular weight is 397 g/mol. The molecule has 27 heavy (non-hydrogen) atoms. The van der Waals surface area contributed by atoms with Crippen molar-refractivity contribution in [3.05, 3.63) is 29.8 Å². The molecule has 1 rings (SSSR count). The first-order chi connectivity index (χ1) is 12.3. The van der Waals surface area contributed by atoms with Crippen LogP contribution in [0, 0.1) is 5.41 Å². The van der Waals surface area contributed by atoms with Gasteiger partial charge in [-0.15, -0.1) is 0 Å². The molecule has 5 nitrogen and oxygen atoms in total. The van der Waals surface area contributed by atoms with Crippen LogP contribution in [0.15, 0.2) is 24.3 Å². The topological polar surface area (TPSA) is 65.0 Å². The highest BCUT2D eigenvalue weighted by molar-refractivity contribution is 6.74. The standard InChI is InChI=1S/C21H36O5Si/c1-20(2,3)27(7,8)26-18(13-19(22)23)21(4,5)15-25-14-16-9-11-17(24-6)12-10-16/h9-12,18H,13-15H2,1-8H3,(H,22,23)/t18-/m0/s1. The number of hydrogen-bond acceptors (Lipinski definition) is 4. The van der Waals surface area contributed by atoms with E-state index in [-0.39, 0.29) is 11.5 Å². The fourth-order valence-corrected chi connectivity index (χ4v) is 3.88. The van der Waals surface area contributed by atoms with Gasteiger partial charge in [0.25, 0.3) is 0 Å². The average Bonchev–Trinajstić information content (AvgIpc) is 2.53. The van der Waals surface area contributed by atoms with Gasteiger partial charge in [0.15, 0.2) is 8.32 Å². The second-order valence-corrected chi connectivity index (χ2v) is 14.1. The van der Waals surface area contributed by atoms with Crippen molar-refractivity contribution in [2.24, 2.45) is 5.41 Å². The Morgan fingerprint density at radius 3 is 2.11 bits per heavy atom. The van der Waals surface area contributed by atoms with Gasteiger partial charge >= 0.3 is 5.97 Å². The normalized spacial score (nSPS) is 14.1. The van der Waals surface area contributed by atoms with E-state index in [2.05, 4.69) is 33.9 Å².